The van der Waals surface area contributed by atoms with Crippen molar-refractivity contribution in [2.75, 3.05) is 18.8 Å². The van der Waals surface area contributed by atoms with E-state index in [1.165, 1.54) is 12.8 Å². The van der Waals surface area contributed by atoms with Crippen molar-refractivity contribution >= 4 is 11.8 Å². The van der Waals surface area contributed by atoms with Crippen molar-refractivity contribution in [2.24, 2.45) is 7.05 Å². The number of thioether (sulfide) groups is 1. The van der Waals surface area contributed by atoms with Gasteiger partial charge >= 0.3 is 0 Å². The van der Waals surface area contributed by atoms with Crippen molar-refractivity contribution in [3.63, 3.8) is 0 Å². The van der Waals surface area contributed by atoms with Crippen LogP contribution in [0.4, 0.5) is 0 Å². The summed E-state index contributed by atoms with van der Waals surface area (Å²) in [5.41, 5.74) is 0. The Hall–Kier alpha value is -0.620. The normalized spacial score (nSPS) is 10.7. The van der Waals surface area contributed by atoms with Gasteiger partial charge in [-0.25, -0.2) is 4.68 Å². The van der Waals surface area contributed by atoms with Crippen LogP contribution in [0.3, 0.4) is 0 Å². The fourth-order valence-corrected chi connectivity index (χ4v) is 1.88. The molecule has 0 aliphatic heterocycles. The number of hydrogen-bond acceptors (Lipinski definition) is 5. The van der Waals surface area contributed by atoms with Crippen LogP contribution in [0.1, 0.15) is 19.8 Å². The third kappa shape index (κ3) is 4.06. The maximum atomic E-state index is 3.90. The van der Waals surface area contributed by atoms with E-state index in [-0.39, 0.29) is 0 Å². The van der Waals surface area contributed by atoms with E-state index in [9.17, 15) is 0 Å². The molecular formula is C8H17N5S. The molecule has 80 valence electrons. The van der Waals surface area contributed by atoms with Crippen molar-refractivity contribution in [2.45, 2.75) is 24.9 Å². The molecule has 0 aromatic carbocycles. The number of tetrazole rings is 1. The highest BCUT2D eigenvalue weighted by Gasteiger charge is 2.01. The summed E-state index contributed by atoms with van der Waals surface area (Å²) in [7, 11) is 1.86. The Labute approximate surface area is 88.6 Å². The molecule has 1 rings (SSSR count). The van der Waals surface area contributed by atoms with E-state index in [2.05, 4.69) is 27.8 Å². The van der Waals surface area contributed by atoms with Crippen molar-refractivity contribution in [3.8, 4) is 0 Å². The van der Waals surface area contributed by atoms with Crippen LogP contribution in [0.15, 0.2) is 5.16 Å². The van der Waals surface area contributed by atoms with Gasteiger partial charge in [0.2, 0.25) is 5.16 Å². The first-order chi connectivity index (χ1) is 6.84. The van der Waals surface area contributed by atoms with Gasteiger partial charge in [0.15, 0.2) is 0 Å². The Morgan fingerprint density at radius 2 is 2.29 bits per heavy atom. The van der Waals surface area contributed by atoms with Crippen molar-refractivity contribution in [1.82, 2.24) is 25.5 Å². The molecule has 0 aliphatic carbocycles. The summed E-state index contributed by atoms with van der Waals surface area (Å²) in [6.07, 6.45) is 2.41. The van der Waals surface area contributed by atoms with Gasteiger partial charge in [0, 0.05) is 12.8 Å². The predicted octanol–water partition coefficient (Wildman–Crippen LogP) is 0.692. The third-order valence-corrected chi connectivity index (χ3v) is 2.91. The van der Waals surface area contributed by atoms with Crippen molar-refractivity contribution in [1.29, 1.82) is 0 Å². The van der Waals surface area contributed by atoms with Gasteiger partial charge in [-0.3, -0.25) is 0 Å². The van der Waals surface area contributed by atoms with Crippen LogP contribution >= 0.6 is 11.8 Å². The minimum absolute atomic E-state index is 0.897. The van der Waals surface area contributed by atoms with Gasteiger partial charge in [-0.2, -0.15) is 0 Å². The molecular weight excluding hydrogens is 198 g/mol. The maximum Gasteiger partial charge on any atom is 0.209 e. The van der Waals surface area contributed by atoms with Crippen molar-refractivity contribution in [3.05, 3.63) is 0 Å². The number of nitrogens with zero attached hydrogens (tertiary/aromatic N) is 4. The second-order valence-corrected chi connectivity index (χ2v) is 4.06. The lowest BCUT2D eigenvalue weighted by molar-refractivity contribution is 0.657. The average Bonchev–Trinajstić information content (AvgIpc) is 2.58. The monoisotopic (exact) mass is 215 g/mol. The van der Waals surface area contributed by atoms with E-state index in [4.69, 9.17) is 0 Å². The van der Waals surface area contributed by atoms with E-state index in [0.29, 0.717) is 0 Å². The Kier molecular flexibility index (Phi) is 5.55. The zero-order chi connectivity index (χ0) is 10.2. The largest absolute Gasteiger partial charge is 0.317 e. The lowest BCUT2D eigenvalue weighted by atomic mass is 10.3. The molecule has 14 heavy (non-hydrogen) atoms. The maximum absolute atomic E-state index is 3.90. The molecule has 1 aromatic heterocycles. The molecule has 0 saturated carbocycles. The summed E-state index contributed by atoms with van der Waals surface area (Å²) >= 11 is 1.71. The molecule has 0 saturated heterocycles. The molecule has 0 radical (unpaired) electrons. The van der Waals surface area contributed by atoms with Gasteiger partial charge in [-0.05, 0) is 36.4 Å². The SMILES string of the molecule is CCNCCCCSc1nnnn1C. The Morgan fingerprint density at radius 3 is 2.93 bits per heavy atom. The van der Waals surface area contributed by atoms with E-state index in [1.54, 1.807) is 16.4 Å². The second kappa shape index (κ2) is 6.78. The van der Waals surface area contributed by atoms with Crippen LogP contribution in [0.5, 0.6) is 0 Å². The summed E-state index contributed by atoms with van der Waals surface area (Å²) in [6.45, 7) is 4.29. The minimum atomic E-state index is 0.897. The summed E-state index contributed by atoms with van der Waals surface area (Å²) in [6, 6.07) is 0. The van der Waals surface area contributed by atoms with E-state index < -0.39 is 0 Å². The molecule has 6 heteroatoms. The molecule has 0 fully saturated rings. The minimum Gasteiger partial charge on any atom is -0.317 e. The first kappa shape index (κ1) is 11.5. The molecule has 0 spiro atoms. The molecule has 0 bridgehead atoms. The standard InChI is InChI=1S/C8H17N5S/c1-3-9-6-4-5-7-14-8-10-11-12-13(8)2/h9H,3-7H2,1-2H3. The van der Waals surface area contributed by atoms with E-state index in [0.717, 1.165) is 24.0 Å². The molecule has 1 N–H and O–H groups in total. The molecule has 0 unspecified atom stereocenters. The zero-order valence-corrected chi connectivity index (χ0v) is 9.55. The Balaban J connectivity index is 2.02. The number of hydrogen-bond donors (Lipinski definition) is 1. The summed E-state index contributed by atoms with van der Waals surface area (Å²) < 4.78 is 1.70. The Morgan fingerprint density at radius 1 is 1.43 bits per heavy atom. The molecule has 1 aromatic rings. The van der Waals surface area contributed by atoms with Gasteiger partial charge in [0.25, 0.3) is 0 Å². The highest BCUT2D eigenvalue weighted by Crippen LogP contribution is 2.13. The number of nitrogens with one attached hydrogen (secondary N) is 1. The fraction of sp³-hybridized carbons (Fsp3) is 0.875. The first-order valence-corrected chi connectivity index (χ1v) is 5.89. The van der Waals surface area contributed by atoms with Crippen LogP contribution in [-0.2, 0) is 7.05 Å². The molecule has 0 amide bonds. The average molecular weight is 215 g/mol. The number of aromatic nitrogens is 4. The Bertz CT molecular complexity index is 250. The fourth-order valence-electron chi connectivity index (χ4n) is 1.04. The quantitative estimate of drug-likeness (QED) is 0.536. The van der Waals surface area contributed by atoms with Gasteiger partial charge in [-0.1, -0.05) is 18.7 Å². The summed E-state index contributed by atoms with van der Waals surface area (Å²) in [5, 5.41) is 15.4. The molecule has 5 nitrogen and oxygen atoms in total. The van der Waals surface area contributed by atoms with Crippen LogP contribution in [0.25, 0.3) is 0 Å². The number of rotatable bonds is 7. The highest BCUT2D eigenvalue weighted by molar-refractivity contribution is 7.99. The van der Waals surface area contributed by atoms with E-state index >= 15 is 0 Å². The third-order valence-electron chi connectivity index (χ3n) is 1.81. The van der Waals surface area contributed by atoms with Crippen LogP contribution < -0.4 is 5.32 Å². The van der Waals surface area contributed by atoms with Crippen LogP contribution in [-0.4, -0.2) is 39.0 Å². The van der Waals surface area contributed by atoms with Gasteiger partial charge < -0.3 is 5.32 Å². The lowest BCUT2D eigenvalue weighted by Gasteiger charge is -2.00. The first-order valence-electron chi connectivity index (χ1n) is 4.90. The van der Waals surface area contributed by atoms with Gasteiger partial charge in [0.05, 0.1) is 0 Å². The number of aryl methyl sites for hydroxylation is 1. The topological polar surface area (TPSA) is 55.6 Å². The summed E-state index contributed by atoms with van der Waals surface area (Å²) in [4.78, 5) is 0. The van der Waals surface area contributed by atoms with Crippen LogP contribution in [0, 0.1) is 0 Å². The predicted molar refractivity (Wildman–Crippen MR) is 57.3 cm³/mol. The van der Waals surface area contributed by atoms with Crippen LogP contribution in [0.2, 0.25) is 0 Å². The van der Waals surface area contributed by atoms with Crippen molar-refractivity contribution < 1.29 is 0 Å². The highest BCUT2D eigenvalue weighted by atomic mass is 32.2. The number of unbranched alkanes of at least 4 members (excludes halogenated alkanes) is 1. The second-order valence-electron chi connectivity index (χ2n) is 2.99. The lowest BCUT2D eigenvalue weighted by Crippen LogP contribution is -2.13. The zero-order valence-electron chi connectivity index (χ0n) is 8.73. The van der Waals surface area contributed by atoms with Gasteiger partial charge in [0.1, 0.15) is 0 Å². The van der Waals surface area contributed by atoms with Gasteiger partial charge in [-0.15, -0.1) is 5.10 Å². The molecule has 0 atom stereocenters. The van der Waals surface area contributed by atoms with E-state index in [1.807, 2.05) is 7.05 Å². The molecule has 0 aliphatic rings. The smallest absolute Gasteiger partial charge is 0.209 e. The summed E-state index contributed by atoms with van der Waals surface area (Å²) in [5.74, 6) is 1.08. The molecule has 1 heterocycles.